The molecular formula is C39H41F3N4O5. The van der Waals surface area contributed by atoms with Gasteiger partial charge in [-0.1, -0.05) is 62.4 Å². The van der Waals surface area contributed by atoms with Gasteiger partial charge >= 0.3 is 12.1 Å². The van der Waals surface area contributed by atoms with Crippen LogP contribution in [0.1, 0.15) is 67.2 Å². The number of carbonyl (C=O) groups excluding carboxylic acids is 1. The standard InChI is InChI=1S/C39H41F3N4O5/c1-24(2)26-8-10-27(11-9-26)31-20-43-37(44-21-31)28-6-4-25(5-7-28)22-46(23-36(48)49)38(50)29-12-15-32(16-13-29)45-35(47)18-30-14-17-33(51-3)19-34(30)39(40,41)42/h4-7,10,12-17,19-21,24,26,38,50H,8-9,11,18,22-23H2,1-3H3,(H,45,47)(H,48,49). The van der Waals surface area contributed by atoms with E-state index in [0.29, 0.717) is 28.9 Å². The molecule has 3 aromatic carbocycles. The van der Waals surface area contributed by atoms with E-state index in [4.69, 9.17) is 4.74 Å². The minimum atomic E-state index is -4.67. The van der Waals surface area contributed by atoms with Crippen molar-refractivity contribution in [1.29, 1.82) is 0 Å². The van der Waals surface area contributed by atoms with Crippen LogP contribution >= 0.6 is 0 Å². The molecule has 0 fully saturated rings. The van der Waals surface area contributed by atoms with Gasteiger partial charge in [0.05, 0.1) is 25.6 Å². The number of allylic oxidation sites excluding steroid dienone is 2. The van der Waals surface area contributed by atoms with Crippen molar-refractivity contribution in [3.05, 3.63) is 113 Å². The topological polar surface area (TPSA) is 125 Å². The zero-order valence-electron chi connectivity index (χ0n) is 28.7. The number of hydrogen-bond acceptors (Lipinski definition) is 7. The maximum Gasteiger partial charge on any atom is 0.416 e. The highest BCUT2D eigenvalue weighted by atomic mass is 19.4. The number of aliphatic hydroxyl groups excluding tert-OH is 1. The monoisotopic (exact) mass is 702 g/mol. The lowest BCUT2D eigenvalue weighted by Gasteiger charge is -2.27. The Labute approximate surface area is 294 Å². The molecule has 0 aliphatic heterocycles. The number of anilines is 1. The number of aromatic nitrogens is 2. The van der Waals surface area contributed by atoms with Crippen LogP contribution in [0.25, 0.3) is 17.0 Å². The Kier molecular flexibility index (Phi) is 11.9. The van der Waals surface area contributed by atoms with E-state index in [1.54, 1.807) is 0 Å². The number of carbonyl (C=O) groups is 2. The normalized spacial score (nSPS) is 15.4. The molecule has 1 heterocycles. The van der Waals surface area contributed by atoms with E-state index >= 15 is 0 Å². The molecule has 1 amide bonds. The van der Waals surface area contributed by atoms with E-state index < -0.39 is 42.8 Å². The van der Waals surface area contributed by atoms with Crippen LogP contribution in [-0.4, -0.2) is 50.6 Å². The van der Waals surface area contributed by atoms with Crippen molar-refractivity contribution in [2.75, 3.05) is 19.0 Å². The number of rotatable bonds is 13. The van der Waals surface area contributed by atoms with Crippen molar-refractivity contribution in [3.8, 4) is 17.1 Å². The number of alkyl halides is 3. The van der Waals surface area contributed by atoms with E-state index in [2.05, 4.69) is 35.2 Å². The van der Waals surface area contributed by atoms with Gasteiger partial charge in [-0.3, -0.25) is 14.5 Å². The number of carboxylic acids is 1. The van der Waals surface area contributed by atoms with Gasteiger partial charge in [0.15, 0.2) is 5.82 Å². The summed E-state index contributed by atoms with van der Waals surface area (Å²) in [4.78, 5) is 34.9. The Morgan fingerprint density at radius 1 is 1.00 bits per heavy atom. The summed E-state index contributed by atoms with van der Waals surface area (Å²) >= 11 is 0. The Hall–Kier alpha value is -5.07. The molecule has 1 aromatic heterocycles. The fraction of sp³-hybridized carbons (Fsp3) is 0.333. The van der Waals surface area contributed by atoms with Crippen LogP contribution in [0.2, 0.25) is 0 Å². The molecule has 0 spiro atoms. The lowest BCUT2D eigenvalue weighted by atomic mass is 9.81. The second-order valence-electron chi connectivity index (χ2n) is 13.0. The summed E-state index contributed by atoms with van der Waals surface area (Å²) in [5.41, 5.74) is 3.35. The number of amides is 1. The number of nitrogens with zero attached hydrogens (tertiary/aromatic N) is 3. The minimum Gasteiger partial charge on any atom is -0.497 e. The molecule has 0 radical (unpaired) electrons. The number of hydrogen-bond donors (Lipinski definition) is 3. The molecule has 4 aromatic rings. The molecule has 1 aliphatic rings. The van der Waals surface area contributed by atoms with Crippen LogP contribution in [0.5, 0.6) is 5.75 Å². The number of carboxylic acid groups (broad SMARTS) is 1. The van der Waals surface area contributed by atoms with Gasteiger partial charge in [-0.25, -0.2) is 9.97 Å². The van der Waals surface area contributed by atoms with Crippen LogP contribution in [-0.2, 0) is 28.7 Å². The highest BCUT2D eigenvalue weighted by Crippen LogP contribution is 2.35. The second kappa shape index (κ2) is 16.3. The van der Waals surface area contributed by atoms with Gasteiger partial charge in [-0.05, 0) is 77.6 Å². The Morgan fingerprint density at radius 3 is 2.25 bits per heavy atom. The van der Waals surface area contributed by atoms with Gasteiger partial charge in [0.1, 0.15) is 12.0 Å². The molecule has 0 saturated carbocycles. The van der Waals surface area contributed by atoms with Crippen molar-refractivity contribution >= 4 is 23.1 Å². The molecule has 3 N–H and O–H groups in total. The Balaban J connectivity index is 1.21. The number of nitrogens with one attached hydrogen (secondary N) is 1. The quantitative estimate of drug-likeness (QED) is 0.121. The Bertz CT molecular complexity index is 1840. The molecule has 268 valence electrons. The SMILES string of the molecule is COc1ccc(CC(=O)Nc2ccc(C(O)N(CC(=O)O)Cc3ccc(-c4ncc(C5=CCC(C(C)C)CC5)cn4)cc3)cc2)c(C(F)(F)F)c1. The number of halogens is 3. The number of aliphatic hydroxyl groups is 1. The average Bonchev–Trinajstić information content (AvgIpc) is 3.11. The molecule has 1 aliphatic carbocycles. The van der Waals surface area contributed by atoms with E-state index in [9.17, 15) is 33.0 Å². The highest BCUT2D eigenvalue weighted by Gasteiger charge is 2.34. The van der Waals surface area contributed by atoms with E-state index in [0.717, 1.165) is 42.0 Å². The second-order valence-corrected chi connectivity index (χ2v) is 13.0. The zero-order chi connectivity index (χ0) is 36.7. The van der Waals surface area contributed by atoms with Crippen LogP contribution in [0.15, 0.2) is 85.2 Å². The minimum absolute atomic E-state index is 0.0254. The number of methoxy groups -OCH3 is 1. The predicted molar refractivity (Wildman–Crippen MR) is 187 cm³/mol. The van der Waals surface area contributed by atoms with Gasteiger partial charge in [0, 0.05) is 35.8 Å². The summed E-state index contributed by atoms with van der Waals surface area (Å²) in [6, 6.07) is 16.8. The third kappa shape index (κ3) is 9.80. The van der Waals surface area contributed by atoms with Crippen LogP contribution < -0.4 is 10.1 Å². The van der Waals surface area contributed by atoms with Crippen LogP contribution in [0.4, 0.5) is 18.9 Å². The summed E-state index contributed by atoms with van der Waals surface area (Å²) in [5, 5.41) is 23.3. The molecule has 0 bridgehead atoms. The molecule has 12 heteroatoms. The molecule has 5 rings (SSSR count). The van der Waals surface area contributed by atoms with Crippen LogP contribution in [0, 0.1) is 11.8 Å². The van der Waals surface area contributed by atoms with Crippen molar-refractivity contribution in [1.82, 2.24) is 14.9 Å². The van der Waals surface area contributed by atoms with Gasteiger partial charge in [-0.2, -0.15) is 13.2 Å². The summed E-state index contributed by atoms with van der Waals surface area (Å²) in [6.45, 7) is 4.18. The lowest BCUT2D eigenvalue weighted by molar-refractivity contribution is -0.142. The number of ether oxygens (including phenoxy) is 1. The maximum atomic E-state index is 13.6. The third-order valence-electron chi connectivity index (χ3n) is 9.16. The first-order valence-electron chi connectivity index (χ1n) is 16.7. The number of aliphatic carboxylic acids is 1. The largest absolute Gasteiger partial charge is 0.497 e. The van der Waals surface area contributed by atoms with E-state index in [1.807, 2.05) is 36.7 Å². The summed E-state index contributed by atoms with van der Waals surface area (Å²) in [5.74, 6) is 0.170. The van der Waals surface area contributed by atoms with Crippen molar-refractivity contribution in [3.63, 3.8) is 0 Å². The molecular weight excluding hydrogens is 661 g/mol. The van der Waals surface area contributed by atoms with Crippen LogP contribution in [0.3, 0.4) is 0 Å². The molecule has 0 saturated heterocycles. The third-order valence-corrected chi connectivity index (χ3v) is 9.16. The first-order chi connectivity index (χ1) is 24.3. The van der Waals surface area contributed by atoms with Gasteiger partial charge in [-0.15, -0.1) is 0 Å². The lowest BCUT2D eigenvalue weighted by Crippen LogP contribution is -2.33. The fourth-order valence-electron chi connectivity index (χ4n) is 6.19. The average molecular weight is 703 g/mol. The summed E-state index contributed by atoms with van der Waals surface area (Å²) < 4.78 is 45.6. The van der Waals surface area contributed by atoms with Gasteiger partial charge < -0.3 is 20.3 Å². The zero-order valence-corrected chi connectivity index (χ0v) is 28.7. The van der Waals surface area contributed by atoms with Crippen molar-refractivity contribution in [2.45, 2.75) is 58.5 Å². The predicted octanol–water partition coefficient (Wildman–Crippen LogP) is 7.77. The van der Waals surface area contributed by atoms with Gasteiger partial charge in [0.2, 0.25) is 5.91 Å². The summed E-state index contributed by atoms with van der Waals surface area (Å²) in [6.07, 6.45) is 2.74. The molecule has 51 heavy (non-hydrogen) atoms. The van der Waals surface area contributed by atoms with E-state index in [-0.39, 0.29) is 17.9 Å². The van der Waals surface area contributed by atoms with E-state index in [1.165, 1.54) is 54.0 Å². The molecule has 2 unspecified atom stereocenters. The molecule has 2 atom stereocenters. The summed E-state index contributed by atoms with van der Waals surface area (Å²) in [7, 11) is 1.26. The van der Waals surface area contributed by atoms with Crippen molar-refractivity contribution in [2.24, 2.45) is 11.8 Å². The first-order valence-corrected chi connectivity index (χ1v) is 16.7. The Morgan fingerprint density at radius 2 is 1.69 bits per heavy atom. The number of benzene rings is 3. The smallest absolute Gasteiger partial charge is 0.416 e. The molecule has 9 nitrogen and oxygen atoms in total. The highest BCUT2D eigenvalue weighted by molar-refractivity contribution is 5.92. The first kappa shape index (κ1) is 37.2. The fourth-order valence-corrected chi connectivity index (χ4v) is 6.19. The maximum absolute atomic E-state index is 13.6. The van der Waals surface area contributed by atoms with Gasteiger partial charge in [0.25, 0.3) is 0 Å². The van der Waals surface area contributed by atoms with Crippen molar-refractivity contribution < 1.29 is 37.7 Å².